The van der Waals surface area contributed by atoms with Crippen molar-refractivity contribution < 1.29 is 14.5 Å². The van der Waals surface area contributed by atoms with Crippen molar-refractivity contribution in [2.75, 3.05) is 5.73 Å². The molecule has 0 amide bonds. The highest BCUT2D eigenvalue weighted by molar-refractivity contribution is 6.30. The van der Waals surface area contributed by atoms with Gasteiger partial charge in [0.25, 0.3) is 0 Å². The van der Waals surface area contributed by atoms with E-state index in [0.29, 0.717) is 39.7 Å². The van der Waals surface area contributed by atoms with Crippen LogP contribution in [0.4, 0.5) is 5.82 Å². The number of aromatic carboxylic acids is 1. The van der Waals surface area contributed by atoms with E-state index < -0.39 is 5.97 Å². The molecule has 9 nitrogen and oxygen atoms in total. The number of nitrogen functional groups attached to an aromatic ring is 1. The predicted molar refractivity (Wildman–Crippen MR) is 98.3 cm³/mol. The number of halogens is 1. The fraction of sp³-hybridized carbons (Fsp3) is 0.118. The van der Waals surface area contributed by atoms with Crippen molar-refractivity contribution in [3.63, 3.8) is 0 Å². The molecule has 0 bridgehead atoms. The zero-order chi connectivity index (χ0) is 19.1. The topological polar surface area (TPSA) is 133 Å². The summed E-state index contributed by atoms with van der Waals surface area (Å²) < 4.78 is 6.37. The van der Waals surface area contributed by atoms with Gasteiger partial charge in [-0.3, -0.25) is 4.98 Å². The Morgan fingerprint density at radius 2 is 2.15 bits per heavy atom. The molecule has 27 heavy (non-hydrogen) atoms. The van der Waals surface area contributed by atoms with Gasteiger partial charge in [0.05, 0.1) is 11.2 Å². The van der Waals surface area contributed by atoms with Gasteiger partial charge in [-0.1, -0.05) is 23.7 Å². The maximum atomic E-state index is 11.8. The first-order valence-corrected chi connectivity index (χ1v) is 8.36. The molecule has 0 saturated heterocycles. The Kier molecular flexibility index (Phi) is 4.00. The van der Waals surface area contributed by atoms with E-state index in [-0.39, 0.29) is 17.1 Å². The fourth-order valence-electron chi connectivity index (χ4n) is 2.99. The average Bonchev–Trinajstić information content (AvgIpc) is 3.23. The van der Waals surface area contributed by atoms with Crippen molar-refractivity contribution in [2.45, 2.75) is 13.5 Å². The summed E-state index contributed by atoms with van der Waals surface area (Å²) in [5, 5.41) is 17.5. The lowest BCUT2D eigenvalue weighted by Gasteiger charge is -2.08. The van der Waals surface area contributed by atoms with Crippen LogP contribution in [0.15, 0.2) is 35.1 Å². The molecule has 0 atom stereocenters. The van der Waals surface area contributed by atoms with E-state index in [9.17, 15) is 9.90 Å². The summed E-state index contributed by atoms with van der Waals surface area (Å²) in [7, 11) is 0. The van der Waals surface area contributed by atoms with Gasteiger partial charge >= 0.3 is 5.97 Å². The van der Waals surface area contributed by atoms with Crippen molar-refractivity contribution in [1.82, 2.24) is 24.8 Å². The van der Waals surface area contributed by atoms with Crippen LogP contribution in [-0.4, -0.2) is 35.9 Å². The smallest absolute Gasteiger partial charge is 0.339 e. The Balaban J connectivity index is 2.11. The molecule has 10 heteroatoms. The van der Waals surface area contributed by atoms with Crippen LogP contribution < -0.4 is 5.73 Å². The van der Waals surface area contributed by atoms with E-state index in [0.717, 1.165) is 0 Å². The van der Waals surface area contributed by atoms with E-state index >= 15 is 0 Å². The average molecular weight is 385 g/mol. The van der Waals surface area contributed by atoms with Gasteiger partial charge in [-0.2, -0.15) is 0 Å². The molecule has 4 aromatic rings. The number of rotatable bonds is 4. The molecule has 0 unspecified atom stereocenters. The van der Waals surface area contributed by atoms with E-state index in [1.807, 2.05) is 13.0 Å². The molecule has 0 aliphatic carbocycles. The molecule has 0 fully saturated rings. The third kappa shape index (κ3) is 2.68. The number of pyridine rings is 1. The molecule has 3 heterocycles. The molecule has 0 aliphatic heterocycles. The summed E-state index contributed by atoms with van der Waals surface area (Å²) in [6, 6.07) is 7.09. The standard InChI is InChI=1S/C17H13ClN6O3/c1-2-24-14-10(17(25)26)7-20-11(8-4-3-5-9(18)6-8)12(14)21-16(24)13-15(19)23-27-22-13/h3-7H,2H2,1H3,(H2,19,23)(H,25,26). The number of anilines is 1. The summed E-state index contributed by atoms with van der Waals surface area (Å²) in [6.07, 6.45) is 1.31. The van der Waals surface area contributed by atoms with Crippen LogP contribution in [-0.2, 0) is 6.54 Å². The van der Waals surface area contributed by atoms with Gasteiger partial charge in [-0.25, -0.2) is 14.4 Å². The molecular weight excluding hydrogens is 372 g/mol. The molecule has 0 spiro atoms. The van der Waals surface area contributed by atoms with Crippen LogP contribution in [0.2, 0.25) is 5.02 Å². The normalized spacial score (nSPS) is 11.2. The first kappa shape index (κ1) is 17.0. The Labute approximate surface area is 157 Å². The highest BCUT2D eigenvalue weighted by atomic mass is 35.5. The number of aryl methyl sites for hydroxylation is 1. The fourth-order valence-corrected chi connectivity index (χ4v) is 3.18. The van der Waals surface area contributed by atoms with Gasteiger partial charge in [0.2, 0.25) is 0 Å². The maximum Gasteiger partial charge on any atom is 0.339 e. The van der Waals surface area contributed by atoms with Crippen LogP contribution in [0.25, 0.3) is 33.8 Å². The lowest BCUT2D eigenvalue weighted by Crippen LogP contribution is -2.05. The van der Waals surface area contributed by atoms with Gasteiger partial charge in [0.15, 0.2) is 17.3 Å². The van der Waals surface area contributed by atoms with Crippen molar-refractivity contribution in [1.29, 1.82) is 0 Å². The Morgan fingerprint density at radius 3 is 2.78 bits per heavy atom. The number of carboxylic acids is 1. The van der Waals surface area contributed by atoms with Gasteiger partial charge in [-0.15, -0.1) is 0 Å². The summed E-state index contributed by atoms with van der Waals surface area (Å²) in [5.74, 6) is -0.697. The summed E-state index contributed by atoms with van der Waals surface area (Å²) in [4.78, 5) is 20.7. The zero-order valence-electron chi connectivity index (χ0n) is 14.0. The molecule has 3 N–H and O–H groups in total. The van der Waals surface area contributed by atoms with Crippen LogP contribution in [0.5, 0.6) is 0 Å². The van der Waals surface area contributed by atoms with Gasteiger partial charge in [0, 0.05) is 23.3 Å². The van der Waals surface area contributed by atoms with Gasteiger partial charge in [0.1, 0.15) is 11.1 Å². The Bertz CT molecular complexity index is 1180. The predicted octanol–water partition coefficient (Wildman–Crippen LogP) is 3.10. The number of imidazole rings is 1. The number of nitrogens with two attached hydrogens (primary N) is 1. The van der Waals surface area contributed by atoms with Crippen LogP contribution in [0, 0.1) is 0 Å². The molecule has 3 aromatic heterocycles. The minimum Gasteiger partial charge on any atom is -0.478 e. The lowest BCUT2D eigenvalue weighted by molar-refractivity contribution is 0.0698. The number of hydrogen-bond acceptors (Lipinski definition) is 7. The quantitative estimate of drug-likeness (QED) is 0.548. The molecule has 4 rings (SSSR count). The third-order valence-corrected chi connectivity index (χ3v) is 4.38. The van der Waals surface area contributed by atoms with Gasteiger partial charge in [-0.05, 0) is 29.4 Å². The minimum atomic E-state index is -1.11. The van der Waals surface area contributed by atoms with Crippen molar-refractivity contribution in [3.05, 3.63) is 41.0 Å². The molecular formula is C17H13ClN6O3. The highest BCUT2D eigenvalue weighted by Crippen LogP contribution is 2.34. The second kappa shape index (κ2) is 6.36. The number of fused-ring (bicyclic) bond motifs is 1. The maximum absolute atomic E-state index is 11.8. The second-order valence-corrected chi connectivity index (χ2v) is 6.15. The molecule has 0 radical (unpaired) electrons. The van der Waals surface area contributed by atoms with Crippen LogP contribution in [0.1, 0.15) is 17.3 Å². The SMILES string of the molecule is CCn1c(-c2nonc2N)nc2c(-c3cccc(Cl)c3)ncc(C(=O)O)c21. The molecule has 136 valence electrons. The monoisotopic (exact) mass is 384 g/mol. The number of benzene rings is 1. The van der Waals surface area contributed by atoms with Crippen molar-refractivity contribution >= 4 is 34.4 Å². The number of carbonyl (C=O) groups is 1. The second-order valence-electron chi connectivity index (χ2n) is 5.71. The molecule has 0 saturated carbocycles. The minimum absolute atomic E-state index is 0.0198. The van der Waals surface area contributed by atoms with E-state index in [1.165, 1.54) is 6.20 Å². The molecule has 0 aliphatic rings. The van der Waals surface area contributed by atoms with E-state index in [2.05, 4.69) is 24.9 Å². The summed E-state index contributed by atoms with van der Waals surface area (Å²) in [6.45, 7) is 2.29. The van der Waals surface area contributed by atoms with Crippen LogP contribution in [0.3, 0.4) is 0 Å². The zero-order valence-corrected chi connectivity index (χ0v) is 14.8. The summed E-state index contributed by atoms with van der Waals surface area (Å²) >= 11 is 6.10. The number of aromatic nitrogens is 5. The molecule has 1 aromatic carbocycles. The third-order valence-electron chi connectivity index (χ3n) is 4.14. The highest BCUT2D eigenvalue weighted by Gasteiger charge is 2.25. The number of carboxylic acid groups (broad SMARTS) is 1. The van der Waals surface area contributed by atoms with Gasteiger partial charge < -0.3 is 15.4 Å². The lowest BCUT2D eigenvalue weighted by atomic mass is 10.1. The number of hydrogen-bond donors (Lipinski definition) is 2. The van der Waals surface area contributed by atoms with Crippen molar-refractivity contribution in [3.8, 4) is 22.8 Å². The first-order valence-electron chi connectivity index (χ1n) is 7.98. The first-order chi connectivity index (χ1) is 13.0. The largest absolute Gasteiger partial charge is 0.478 e. The van der Waals surface area contributed by atoms with E-state index in [4.69, 9.17) is 17.3 Å². The van der Waals surface area contributed by atoms with Crippen molar-refractivity contribution in [2.24, 2.45) is 0 Å². The Hall–Kier alpha value is -3.46. The summed E-state index contributed by atoms with van der Waals surface area (Å²) in [5.41, 5.74) is 8.09. The Morgan fingerprint density at radius 1 is 1.33 bits per heavy atom. The van der Waals surface area contributed by atoms with E-state index in [1.54, 1.807) is 22.8 Å². The number of nitrogens with zero attached hydrogens (tertiary/aromatic N) is 5. The van der Waals surface area contributed by atoms with Crippen LogP contribution >= 0.6 is 11.6 Å².